The zero-order valence-electron chi connectivity index (χ0n) is 15.8. The Morgan fingerprint density at radius 1 is 1.18 bits per heavy atom. The number of pyridine rings is 1. The standard InChI is InChI=1S/C21H19FN4O2/c1-12-8-9-26-18(10-12)23-20(15-4-6-16(22)7-5-15)21(26)24-19(27)11-17-13(2)25-28-14(17)3/h4-10H,11H2,1-3H3,(H,24,27). The molecule has 3 aromatic heterocycles. The second kappa shape index (κ2) is 6.92. The maximum atomic E-state index is 13.3. The van der Waals surface area contributed by atoms with Crippen LogP contribution in [0, 0.1) is 26.6 Å². The molecule has 0 saturated heterocycles. The lowest BCUT2D eigenvalue weighted by atomic mass is 10.1. The lowest BCUT2D eigenvalue weighted by molar-refractivity contribution is -0.115. The fourth-order valence-electron chi connectivity index (χ4n) is 3.17. The Morgan fingerprint density at radius 2 is 1.93 bits per heavy atom. The van der Waals surface area contributed by atoms with Crippen LogP contribution in [-0.4, -0.2) is 20.4 Å². The van der Waals surface area contributed by atoms with Gasteiger partial charge in [-0.15, -0.1) is 0 Å². The van der Waals surface area contributed by atoms with Crippen LogP contribution in [0.4, 0.5) is 10.2 Å². The number of hydrogen-bond acceptors (Lipinski definition) is 4. The predicted molar refractivity (Wildman–Crippen MR) is 104 cm³/mol. The summed E-state index contributed by atoms with van der Waals surface area (Å²) < 4.78 is 20.3. The van der Waals surface area contributed by atoms with Gasteiger partial charge in [0.15, 0.2) is 0 Å². The molecule has 7 heteroatoms. The van der Waals surface area contributed by atoms with E-state index in [2.05, 4.69) is 15.5 Å². The SMILES string of the molecule is Cc1ccn2c(NC(=O)Cc3c(C)noc3C)c(-c3ccc(F)cc3)nc2c1. The van der Waals surface area contributed by atoms with Gasteiger partial charge in [-0.3, -0.25) is 9.20 Å². The van der Waals surface area contributed by atoms with Gasteiger partial charge >= 0.3 is 0 Å². The Hall–Kier alpha value is -3.48. The number of halogens is 1. The van der Waals surface area contributed by atoms with E-state index in [1.807, 2.05) is 29.7 Å². The van der Waals surface area contributed by atoms with Gasteiger partial charge in [0.2, 0.25) is 5.91 Å². The first kappa shape index (κ1) is 17.9. The molecule has 1 N–H and O–H groups in total. The highest BCUT2D eigenvalue weighted by atomic mass is 19.1. The highest BCUT2D eigenvalue weighted by Gasteiger charge is 2.19. The van der Waals surface area contributed by atoms with Crippen molar-refractivity contribution in [3.05, 3.63) is 71.0 Å². The Balaban J connectivity index is 1.75. The first-order valence-corrected chi connectivity index (χ1v) is 8.88. The largest absolute Gasteiger partial charge is 0.361 e. The quantitative estimate of drug-likeness (QED) is 0.577. The summed E-state index contributed by atoms with van der Waals surface area (Å²) in [4.78, 5) is 17.4. The number of hydrogen-bond donors (Lipinski definition) is 1. The Kier molecular flexibility index (Phi) is 4.43. The number of amides is 1. The second-order valence-corrected chi connectivity index (χ2v) is 6.78. The van der Waals surface area contributed by atoms with Gasteiger partial charge in [-0.2, -0.15) is 0 Å². The van der Waals surface area contributed by atoms with Gasteiger partial charge in [0.25, 0.3) is 0 Å². The van der Waals surface area contributed by atoms with E-state index in [4.69, 9.17) is 4.52 Å². The summed E-state index contributed by atoms with van der Waals surface area (Å²) in [5, 5.41) is 6.85. The van der Waals surface area contributed by atoms with Crippen molar-refractivity contribution in [2.24, 2.45) is 0 Å². The minimum absolute atomic E-state index is 0.142. The van der Waals surface area contributed by atoms with Gasteiger partial charge in [0, 0.05) is 17.3 Å². The number of anilines is 1. The number of aromatic nitrogens is 3. The van der Waals surface area contributed by atoms with Crippen LogP contribution in [0.5, 0.6) is 0 Å². The molecule has 0 spiro atoms. The van der Waals surface area contributed by atoms with Crippen molar-refractivity contribution in [3.63, 3.8) is 0 Å². The molecule has 3 heterocycles. The molecular formula is C21H19FN4O2. The Bertz CT molecular complexity index is 1160. The van der Waals surface area contributed by atoms with Gasteiger partial charge < -0.3 is 9.84 Å². The molecule has 1 aromatic carbocycles. The van der Waals surface area contributed by atoms with Gasteiger partial charge in [0.05, 0.1) is 12.1 Å². The molecule has 0 atom stereocenters. The number of rotatable bonds is 4. The molecule has 1 amide bonds. The summed E-state index contributed by atoms with van der Waals surface area (Å²) >= 11 is 0. The minimum Gasteiger partial charge on any atom is -0.361 e. The van der Waals surface area contributed by atoms with Crippen molar-refractivity contribution >= 4 is 17.4 Å². The van der Waals surface area contributed by atoms with Crippen LogP contribution in [0.3, 0.4) is 0 Å². The minimum atomic E-state index is -0.327. The van der Waals surface area contributed by atoms with Gasteiger partial charge in [-0.1, -0.05) is 5.16 Å². The molecule has 6 nitrogen and oxygen atoms in total. The second-order valence-electron chi connectivity index (χ2n) is 6.78. The number of benzene rings is 1. The third-order valence-corrected chi connectivity index (χ3v) is 4.68. The van der Waals surface area contributed by atoms with E-state index in [-0.39, 0.29) is 18.1 Å². The van der Waals surface area contributed by atoms with Gasteiger partial charge in [0.1, 0.15) is 28.7 Å². The first-order chi connectivity index (χ1) is 13.4. The fourth-order valence-corrected chi connectivity index (χ4v) is 3.17. The molecule has 0 radical (unpaired) electrons. The third kappa shape index (κ3) is 3.26. The molecule has 0 fully saturated rings. The van der Waals surface area contributed by atoms with Crippen LogP contribution < -0.4 is 5.32 Å². The lowest BCUT2D eigenvalue weighted by Crippen LogP contribution is -2.17. The zero-order valence-corrected chi connectivity index (χ0v) is 15.8. The maximum Gasteiger partial charge on any atom is 0.230 e. The molecule has 0 bridgehead atoms. The number of nitrogens with one attached hydrogen (secondary N) is 1. The van der Waals surface area contributed by atoms with Gasteiger partial charge in [-0.25, -0.2) is 9.37 Å². The number of nitrogens with zero attached hydrogens (tertiary/aromatic N) is 3. The summed E-state index contributed by atoms with van der Waals surface area (Å²) in [7, 11) is 0. The van der Waals surface area contributed by atoms with E-state index < -0.39 is 0 Å². The van der Waals surface area contributed by atoms with Gasteiger partial charge in [-0.05, 0) is 62.7 Å². The maximum absolute atomic E-state index is 13.3. The van der Waals surface area contributed by atoms with Crippen molar-refractivity contribution in [1.29, 1.82) is 0 Å². The van der Waals surface area contributed by atoms with E-state index in [0.717, 1.165) is 16.7 Å². The average Bonchev–Trinajstić information content (AvgIpc) is 3.17. The monoisotopic (exact) mass is 378 g/mol. The highest BCUT2D eigenvalue weighted by Crippen LogP contribution is 2.29. The van der Waals surface area contributed by atoms with E-state index >= 15 is 0 Å². The summed E-state index contributed by atoms with van der Waals surface area (Å²) in [6, 6.07) is 9.91. The van der Waals surface area contributed by atoms with E-state index in [1.165, 1.54) is 12.1 Å². The topological polar surface area (TPSA) is 72.4 Å². The van der Waals surface area contributed by atoms with Crippen molar-refractivity contribution in [2.45, 2.75) is 27.2 Å². The van der Waals surface area contributed by atoms with Crippen molar-refractivity contribution in [1.82, 2.24) is 14.5 Å². The normalized spacial score (nSPS) is 11.1. The summed E-state index contributed by atoms with van der Waals surface area (Å²) in [5.41, 5.74) is 4.52. The highest BCUT2D eigenvalue weighted by molar-refractivity contribution is 5.96. The van der Waals surface area contributed by atoms with Crippen molar-refractivity contribution in [3.8, 4) is 11.3 Å². The van der Waals surface area contributed by atoms with Crippen LogP contribution in [0.25, 0.3) is 16.9 Å². The molecule has 142 valence electrons. The summed E-state index contributed by atoms with van der Waals surface area (Å²) in [6.45, 7) is 5.56. The van der Waals surface area contributed by atoms with E-state index in [9.17, 15) is 9.18 Å². The number of fused-ring (bicyclic) bond motifs is 1. The molecule has 0 unspecified atom stereocenters. The van der Waals surface area contributed by atoms with E-state index in [0.29, 0.717) is 28.6 Å². The number of carbonyl (C=O) groups excluding carboxylic acids is 1. The molecule has 0 aliphatic rings. The number of aryl methyl sites for hydroxylation is 3. The Morgan fingerprint density at radius 3 is 2.61 bits per heavy atom. The predicted octanol–water partition coefficient (Wildman–Crippen LogP) is 4.23. The number of imidazole rings is 1. The fraction of sp³-hybridized carbons (Fsp3) is 0.190. The van der Waals surface area contributed by atoms with Crippen LogP contribution in [0.1, 0.15) is 22.6 Å². The van der Waals surface area contributed by atoms with Crippen molar-refractivity contribution in [2.75, 3.05) is 5.32 Å². The molecule has 28 heavy (non-hydrogen) atoms. The van der Waals surface area contributed by atoms with Crippen LogP contribution >= 0.6 is 0 Å². The van der Waals surface area contributed by atoms with Crippen molar-refractivity contribution < 1.29 is 13.7 Å². The molecule has 4 aromatic rings. The van der Waals surface area contributed by atoms with E-state index in [1.54, 1.807) is 26.0 Å². The van der Waals surface area contributed by atoms with Crippen LogP contribution in [0.2, 0.25) is 0 Å². The smallest absolute Gasteiger partial charge is 0.230 e. The Labute approximate surface area is 161 Å². The summed E-state index contributed by atoms with van der Waals surface area (Å²) in [6.07, 6.45) is 2.00. The first-order valence-electron chi connectivity index (χ1n) is 8.88. The summed E-state index contributed by atoms with van der Waals surface area (Å²) in [5.74, 6) is 0.631. The molecule has 0 aliphatic carbocycles. The van der Waals surface area contributed by atoms with Crippen LogP contribution in [0.15, 0.2) is 47.1 Å². The molecule has 0 saturated carbocycles. The third-order valence-electron chi connectivity index (χ3n) is 4.68. The number of carbonyl (C=O) groups is 1. The zero-order chi connectivity index (χ0) is 19.8. The molecule has 0 aliphatic heterocycles. The average molecular weight is 378 g/mol. The lowest BCUT2D eigenvalue weighted by Gasteiger charge is -2.08. The molecular weight excluding hydrogens is 359 g/mol. The van der Waals surface area contributed by atoms with Crippen LogP contribution in [-0.2, 0) is 11.2 Å². The molecule has 4 rings (SSSR count).